The molecule has 1 heteroatoms. The maximum Gasteiger partial charge on any atom is 0.0602 e. The van der Waals surface area contributed by atoms with E-state index in [1.807, 2.05) is 0 Å². The van der Waals surface area contributed by atoms with Gasteiger partial charge in [0.1, 0.15) is 0 Å². The largest absolute Gasteiger partial charge is 0.118 e. The van der Waals surface area contributed by atoms with E-state index in [4.69, 9.17) is 11.6 Å². The molecule has 7 atom stereocenters. The van der Waals surface area contributed by atoms with Crippen molar-refractivity contribution >= 4 is 11.6 Å². The van der Waals surface area contributed by atoms with Crippen LogP contribution in [0.5, 0.6) is 0 Å². The SMILES string of the molecule is CC[C@H]1[C@@H](C)C[C@H]2[C@@H]3CCC4=CCC=C[C@]4(C)[C@@]3(Cl)CC[C@]12C. The van der Waals surface area contributed by atoms with Crippen LogP contribution < -0.4 is 0 Å². The molecule has 4 rings (SSSR count). The Kier molecular flexibility index (Phi) is 3.63. The zero-order chi connectivity index (χ0) is 16.5. The van der Waals surface area contributed by atoms with Crippen LogP contribution in [0, 0.1) is 34.5 Å². The molecule has 0 nitrogen and oxygen atoms in total. The standard InChI is InChI=1S/C22H33Cl/c1-5-17-15(2)14-19-18-10-9-16-8-6-7-11-21(16,4)22(18,23)13-12-20(17,19)3/h7-8,11,15,17-19H,5-6,9-10,12-14H2,1-4H3/t15-,17-,18-,19-,20+,21-,22+/m0/s1. The van der Waals surface area contributed by atoms with Gasteiger partial charge >= 0.3 is 0 Å². The summed E-state index contributed by atoms with van der Waals surface area (Å²) in [6.45, 7) is 9.95. The number of rotatable bonds is 1. The molecule has 0 aliphatic heterocycles. The molecule has 0 N–H and O–H groups in total. The highest BCUT2D eigenvalue weighted by Crippen LogP contribution is 2.70. The molecule has 3 saturated carbocycles. The average Bonchev–Trinajstić information content (AvgIpc) is 2.78. The molecule has 0 spiro atoms. The minimum atomic E-state index is -0.0411. The maximum absolute atomic E-state index is 7.57. The van der Waals surface area contributed by atoms with Crippen LogP contribution in [-0.4, -0.2) is 4.87 Å². The van der Waals surface area contributed by atoms with Gasteiger partial charge in [-0.1, -0.05) is 57.9 Å². The Morgan fingerprint density at radius 3 is 2.74 bits per heavy atom. The van der Waals surface area contributed by atoms with Crippen molar-refractivity contribution < 1.29 is 0 Å². The molecule has 128 valence electrons. The highest BCUT2D eigenvalue weighted by Gasteiger charge is 2.65. The molecule has 0 aromatic carbocycles. The first-order valence-corrected chi connectivity index (χ1v) is 10.3. The molecule has 0 aromatic rings. The lowest BCUT2D eigenvalue weighted by atomic mass is 9.47. The first-order valence-electron chi connectivity index (χ1n) is 9.93. The summed E-state index contributed by atoms with van der Waals surface area (Å²) in [7, 11) is 0. The van der Waals surface area contributed by atoms with Crippen LogP contribution in [0.15, 0.2) is 23.8 Å². The van der Waals surface area contributed by atoms with Gasteiger partial charge in [-0.2, -0.15) is 0 Å². The number of alkyl halides is 1. The topological polar surface area (TPSA) is 0 Å². The number of fused-ring (bicyclic) bond motifs is 5. The molecule has 0 heterocycles. The van der Waals surface area contributed by atoms with E-state index >= 15 is 0 Å². The minimum absolute atomic E-state index is 0.0411. The summed E-state index contributed by atoms with van der Waals surface area (Å²) < 4.78 is 0. The van der Waals surface area contributed by atoms with E-state index in [0.29, 0.717) is 11.3 Å². The van der Waals surface area contributed by atoms with E-state index in [9.17, 15) is 0 Å². The zero-order valence-electron chi connectivity index (χ0n) is 15.4. The summed E-state index contributed by atoms with van der Waals surface area (Å²) in [6, 6.07) is 0. The van der Waals surface area contributed by atoms with Gasteiger partial charge in [0, 0.05) is 5.41 Å². The molecule has 0 aromatic heterocycles. The lowest BCUT2D eigenvalue weighted by Crippen LogP contribution is -2.59. The van der Waals surface area contributed by atoms with E-state index in [1.165, 1.54) is 38.5 Å². The third-order valence-corrected chi connectivity index (χ3v) is 9.62. The number of hydrogen-bond donors (Lipinski definition) is 0. The summed E-state index contributed by atoms with van der Waals surface area (Å²) in [4.78, 5) is -0.0411. The summed E-state index contributed by atoms with van der Waals surface area (Å²) in [6.07, 6.45) is 16.3. The van der Waals surface area contributed by atoms with Crippen LogP contribution in [0.1, 0.15) is 72.6 Å². The van der Waals surface area contributed by atoms with Crippen LogP contribution in [-0.2, 0) is 0 Å². The van der Waals surface area contributed by atoms with Crippen molar-refractivity contribution in [1.82, 2.24) is 0 Å². The smallest absolute Gasteiger partial charge is 0.0602 e. The van der Waals surface area contributed by atoms with Gasteiger partial charge < -0.3 is 0 Å². The van der Waals surface area contributed by atoms with E-state index in [-0.39, 0.29) is 10.3 Å². The zero-order valence-corrected chi connectivity index (χ0v) is 16.1. The lowest BCUT2D eigenvalue weighted by molar-refractivity contribution is -0.0195. The molecular formula is C22H33Cl. The van der Waals surface area contributed by atoms with Crippen molar-refractivity contribution in [1.29, 1.82) is 0 Å². The second-order valence-corrected chi connectivity index (χ2v) is 10.1. The van der Waals surface area contributed by atoms with Gasteiger partial charge in [-0.3, -0.25) is 0 Å². The molecule has 4 aliphatic carbocycles. The third-order valence-electron chi connectivity index (χ3n) is 8.75. The Labute approximate surface area is 147 Å². The summed E-state index contributed by atoms with van der Waals surface area (Å²) in [5.41, 5.74) is 2.27. The Hall–Kier alpha value is -0.230. The van der Waals surface area contributed by atoms with Crippen molar-refractivity contribution in [2.75, 3.05) is 0 Å². The van der Waals surface area contributed by atoms with Gasteiger partial charge in [-0.05, 0) is 67.6 Å². The number of halogens is 1. The summed E-state index contributed by atoms with van der Waals surface area (Å²) in [5, 5.41) is 0. The normalized spacial score (nSPS) is 54.9. The van der Waals surface area contributed by atoms with Crippen molar-refractivity contribution in [3.63, 3.8) is 0 Å². The van der Waals surface area contributed by atoms with Gasteiger partial charge in [0.25, 0.3) is 0 Å². The van der Waals surface area contributed by atoms with Crippen molar-refractivity contribution in [2.24, 2.45) is 34.5 Å². The number of allylic oxidation sites excluding steroid dienone is 4. The summed E-state index contributed by atoms with van der Waals surface area (Å²) in [5.74, 6) is 3.32. The van der Waals surface area contributed by atoms with Crippen LogP contribution in [0.3, 0.4) is 0 Å². The fourth-order valence-corrected chi connectivity index (χ4v) is 8.10. The molecule has 0 saturated heterocycles. The predicted molar refractivity (Wildman–Crippen MR) is 99.6 cm³/mol. The maximum atomic E-state index is 7.57. The highest BCUT2D eigenvalue weighted by atomic mass is 35.5. The van der Waals surface area contributed by atoms with Crippen molar-refractivity contribution in [3.05, 3.63) is 23.8 Å². The fraction of sp³-hybridized carbons (Fsp3) is 0.818. The predicted octanol–water partition coefficient (Wildman–Crippen LogP) is 6.75. The van der Waals surface area contributed by atoms with Crippen LogP contribution in [0.25, 0.3) is 0 Å². The second-order valence-electron chi connectivity index (χ2n) is 9.42. The van der Waals surface area contributed by atoms with Gasteiger partial charge in [-0.15, -0.1) is 11.6 Å². The van der Waals surface area contributed by atoms with Gasteiger partial charge in [0.15, 0.2) is 0 Å². The lowest BCUT2D eigenvalue weighted by Gasteiger charge is -2.61. The van der Waals surface area contributed by atoms with Gasteiger partial charge in [0.2, 0.25) is 0 Å². The quantitative estimate of drug-likeness (QED) is 0.368. The molecule has 0 unspecified atom stereocenters. The monoisotopic (exact) mass is 332 g/mol. The molecular weight excluding hydrogens is 300 g/mol. The molecule has 23 heavy (non-hydrogen) atoms. The van der Waals surface area contributed by atoms with E-state index in [2.05, 4.69) is 45.9 Å². The Morgan fingerprint density at radius 1 is 1.22 bits per heavy atom. The summed E-state index contributed by atoms with van der Waals surface area (Å²) >= 11 is 7.57. The third kappa shape index (κ3) is 1.91. The minimum Gasteiger partial charge on any atom is -0.118 e. The Bertz CT molecular complexity index is 560. The highest BCUT2D eigenvalue weighted by molar-refractivity contribution is 6.25. The van der Waals surface area contributed by atoms with Crippen molar-refractivity contribution in [2.45, 2.75) is 77.5 Å². The fourth-order valence-electron chi connectivity index (χ4n) is 7.56. The van der Waals surface area contributed by atoms with E-state index < -0.39 is 0 Å². The van der Waals surface area contributed by atoms with E-state index in [1.54, 1.807) is 5.57 Å². The van der Waals surface area contributed by atoms with Crippen molar-refractivity contribution in [3.8, 4) is 0 Å². The average molecular weight is 333 g/mol. The van der Waals surface area contributed by atoms with Crippen LogP contribution >= 0.6 is 11.6 Å². The Morgan fingerprint density at radius 2 is 2.00 bits per heavy atom. The molecule has 0 radical (unpaired) electrons. The molecule has 4 aliphatic rings. The molecule has 0 bridgehead atoms. The first-order chi connectivity index (χ1) is 10.9. The van der Waals surface area contributed by atoms with E-state index in [0.717, 1.165) is 24.2 Å². The number of hydrogen-bond acceptors (Lipinski definition) is 0. The second kappa shape index (κ2) is 5.13. The molecule has 0 amide bonds. The molecule has 3 fully saturated rings. The Balaban J connectivity index is 1.75. The van der Waals surface area contributed by atoms with Crippen LogP contribution in [0.2, 0.25) is 0 Å². The first kappa shape index (κ1) is 16.2. The van der Waals surface area contributed by atoms with Gasteiger partial charge in [-0.25, -0.2) is 0 Å². The van der Waals surface area contributed by atoms with Crippen LogP contribution in [0.4, 0.5) is 0 Å². The van der Waals surface area contributed by atoms with Gasteiger partial charge in [0.05, 0.1) is 4.87 Å².